The summed E-state index contributed by atoms with van der Waals surface area (Å²) in [5, 5.41) is 3.69. The molecule has 2 heteroatoms. The minimum Gasteiger partial charge on any atom is -0.497 e. The van der Waals surface area contributed by atoms with Crippen molar-refractivity contribution < 1.29 is 4.74 Å². The van der Waals surface area contributed by atoms with E-state index in [1.165, 1.54) is 44.1 Å². The molecular weight excluding hydrogens is 234 g/mol. The summed E-state index contributed by atoms with van der Waals surface area (Å²) < 4.78 is 5.33. The number of hydrogen-bond acceptors (Lipinski definition) is 2. The number of methoxy groups -OCH3 is 1. The summed E-state index contributed by atoms with van der Waals surface area (Å²) in [6.45, 7) is 3.30. The molecule has 0 heterocycles. The fourth-order valence-electron chi connectivity index (χ4n) is 3.26. The van der Waals surface area contributed by atoms with Crippen molar-refractivity contribution in [3.05, 3.63) is 29.8 Å². The van der Waals surface area contributed by atoms with Crippen LogP contribution in [-0.2, 0) is 6.42 Å². The van der Waals surface area contributed by atoms with Gasteiger partial charge in [-0.1, -0.05) is 38.3 Å². The van der Waals surface area contributed by atoms with Gasteiger partial charge in [0, 0.05) is 6.04 Å². The molecule has 0 spiro atoms. The number of rotatable bonds is 5. The van der Waals surface area contributed by atoms with E-state index in [1.807, 2.05) is 6.07 Å². The third-order valence-electron chi connectivity index (χ3n) is 4.26. The summed E-state index contributed by atoms with van der Waals surface area (Å²) in [4.78, 5) is 0. The van der Waals surface area contributed by atoms with Crippen molar-refractivity contribution in [1.29, 1.82) is 0 Å². The van der Waals surface area contributed by atoms with Gasteiger partial charge < -0.3 is 10.1 Å². The minimum absolute atomic E-state index is 0.693. The molecule has 0 bridgehead atoms. The van der Waals surface area contributed by atoms with Crippen LogP contribution in [0.2, 0.25) is 0 Å². The largest absolute Gasteiger partial charge is 0.497 e. The molecule has 1 saturated carbocycles. The van der Waals surface area contributed by atoms with Crippen LogP contribution < -0.4 is 10.1 Å². The van der Waals surface area contributed by atoms with Gasteiger partial charge in [0.1, 0.15) is 5.75 Å². The highest BCUT2D eigenvalue weighted by Crippen LogP contribution is 2.27. The van der Waals surface area contributed by atoms with Gasteiger partial charge in [0.25, 0.3) is 0 Å². The molecule has 0 aliphatic heterocycles. The molecular formula is C17H27NO. The van der Waals surface area contributed by atoms with Crippen LogP contribution in [0.4, 0.5) is 0 Å². The molecule has 1 aliphatic rings. The van der Waals surface area contributed by atoms with E-state index in [1.54, 1.807) is 7.11 Å². The first-order valence-electron chi connectivity index (χ1n) is 7.69. The van der Waals surface area contributed by atoms with Crippen LogP contribution in [0.25, 0.3) is 0 Å². The third-order valence-corrected chi connectivity index (χ3v) is 4.26. The van der Waals surface area contributed by atoms with Crippen molar-refractivity contribution in [2.75, 3.05) is 13.7 Å². The molecule has 1 aliphatic carbocycles. The van der Waals surface area contributed by atoms with Crippen molar-refractivity contribution in [1.82, 2.24) is 5.32 Å². The highest BCUT2D eigenvalue weighted by Gasteiger charge is 2.23. The van der Waals surface area contributed by atoms with Gasteiger partial charge in [0.15, 0.2) is 0 Å². The lowest BCUT2D eigenvalue weighted by Gasteiger charge is -2.26. The number of nitrogens with one attached hydrogen (secondary N) is 1. The van der Waals surface area contributed by atoms with Crippen molar-refractivity contribution in [2.45, 2.75) is 51.5 Å². The van der Waals surface area contributed by atoms with E-state index in [-0.39, 0.29) is 0 Å². The molecule has 0 amide bonds. The van der Waals surface area contributed by atoms with Gasteiger partial charge in [-0.2, -0.15) is 0 Å². The van der Waals surface area contributed by atoms with E-state index < -0.39 is 0 Å². The van der Waals surface area contributed by atoms with Crippen molar-refractivity contribution in [3.8, 4) is 5.75 Å². The maximum absolute atomic E-state index is 5.33. The summed E-state index contributed by atoms with van der Waals surface area (Å²) in [6.07, 6.45) is 8.03. The van der Waals surface area contributed by atoms with Gasteiger partial charge in [-0.25, -0.2) is 0 Å². The lowest BCUT2D eigenvalue weighted by atomic mass is 9.88. The zero-order chi connectivity index (χ0) is 13.5. The van der Waals surface area contributed by atoms with Crippen LogP contribution in [-0.4, -0.2) is 19.7 Å². The predicted octanol–water partition coefficient (Wildman–Crippen LogP) is 3.80. The van der Waals surface area contributed by atoms with Crippen LogP contribution in [0.3, 0.4) is 0 Å². The molecule has 1 aromatic rings. The van der Waals surface area contributed by atoms with E-state index in [0.717, 1.165) is 18.2 Å². The molecule has 1 N–H and O–H groups in total. The first-order chi connectivity index (χ1) is 9.33. The average Bonchev–Trinajstić information content (AvgIpc) is 2.65. The molecule has 106 valence electrons. The fourth-order valence-corrected chi connectivity index (χ4v) is 3.26. The minimum atomic E-state index is 0.693. The molecule has 2 unspecified atom stereocenters. The van der Waals surface area contributed by atoms with E-state index in [9.17, 15) is 0 Å². The monoisotopic (exact) mass is 261 g/mol. The van der Waals surface area contributed by atoms with Gasteiger partial charge in [0.05, 0.1) is 7.11 Å². The smallest absolute Gasteiger partial charge is 0.119 e. The Bertz CT molecular complexity index is 377. The fraction of sp³-hybridized carbons (Fsp3) is 0.647. The topological polar surface area (TPSA) is 21.3 Å². The Morgan fingerprint density at radius 1 is 1.21 bits per heavy atom. The summed E-state index contributed by atoms with van der Waals surface area (Å²) >= 11 is 0. The summed E-state index contributed by atoms with van der Waals surface area (Å²) in [5.41, 5.74) is 1.41. The first kappa shape index (κ1) is 14.4. The quantitative estimate of drug-likeness (QED) is 0.814. The molecule has 19 heavy (non-hydrogen) atoms. The maximum atomic E-state index is 5.33. The summed E-state index contributed by atoms with van der Waals surface area (Å²) in [5.74, 6) is 1.75. The van der Waals surface area contributed by atoms with Gasteiger partial charge in [0.2, 0.25) is 0 Å². The Labute approximate surface area is 117 Å². The maximum Gasteiger partial charge on any atom is 0.119 e. The Balaban J connectivity index is 2.04. The van der Waals surface area contributed by atoms with Crippen molar-refractivity contribution >= 4 is 0 Å². The normalized spacial score (nSPS) is 23.9. The van der Waals surface area contributed by atoms with Crippen molar-refractivity contribution in [3.63, 3.8) is 0 Å². The molecule has 2 rings (SSSR count). The molecule has 0 aromatic heterocycles. The molecule has 0 saturated heterocycles. The number of benzene rings is 1. The molecule has 1 aromatic carbocycles. The second-order valence-corrected chi connectivity index (χ2v) is 5.62. The number of hydrogen-bond donors (Lipinski definition) is 1. The third kappa shape index (κ3) is 4.24. The van der Waals surface area contributed by atoms with E-state index in [0.29, 0.717) is 6.04 Å². The number of ether oxygens (including phenoxy) is 1. The highest BCUT2D eigenvalue weighted by atomic mass is 16.5. The lowest BCUT2D eigenvalue weighted by molar-refractivity contribution is 0.337. The predicted molar refractivity (Wildman–Crippen MR) is 80.7 cm³/mol. The highest BCUT2D eigenvalue weighted by molar-refractivity contribution is 5.28. The van der Waals surface area contributed by atoms with E-state index in [4.69, 9.17) is 4.74 Å². The van der Waals surface area contributed by atoms with Crippen LogP contribution in [0.1, 0.15) is 44.6 Å². The standard InChI is InChI=1S/C17H27NO/c1-3-18-17-11-6-4-5-9-15(17)12-14-8-7-10-16(13-14)19-2/h7-8,10,13,15,17-18H,3-6,9,11-12H2,1-2H3. The Morgan fingerprint density at radius 3 is 2.84 bits per heavy atom. The molecule has 2 atom stereocenters. The molecule has 1 fully saturated rings. The Hall–Kier alpha value is -1.02. The van der Waals surface area contributed by atoms with Crippen LogP contribution in [0, 0.1) is 5.92 Å². The molecule has 2 nitrogen and oxygen atoms in total. The van der Waals surface area contributed by atoms with Gasteiger partial charge >= 0.3 is 0 Å². The Morgan fingerprint density at radius 2 is 2.05 bits per heavy atom. The summed E-state index contributed by atoms with van der Waals surface area (Å²) in [7, 11) is 1.74. The summed E-state index contributed by atoms with van der Waals surface area (Å²) in [6, 6.07) is 9.24. The van der Waals surface area contributed by atoms with Gasteiger partial charge in [-0.15, -0.1) is 0 Å². The molecule has 0 radical (unpaired) electrons. The SMILES string of the molecule is CCNC1CCCCCC1Cc1cccc(OC)c1. The van der Waals surface area contributed by atoms with Crippen LogP contribution in [0.15, 0.2) is 24.3 Å². The van der Waals surface area contributed by atoms with Gasteiger partial charge in [-0.3, -0.25) is 0 Å². The van der Waals surface area contributed by atoms with Gasteiger partial charge in [-0.05, 0) is 49.4 Å². The average molecular weight is 261 g/mol. The zero-order valence-electron chi connectivity index (χ0n) is 12.3. The second kappa shape index (κ2) is 7.54. The van der Waals surface area contributed by atoms with E-state index >= 15 is 0 Å². The second-order valence-electron chi connectivity index (χ2n) is 5.62. The Kier molecular flexibility index (Phi) is 5.71. The first-order valence-corrected chi connectivity index (χ1v) is 7.69. The van der Waals surface area contributed by atoms with Crippen molar-refractivity contribution in [2.24, 2.45) is 5.92 Å². The van der Waals surface area contributed by atoms with Crippen LogP contribution in [0.5, 0.6) is 5.75 Å². The van der Waals surface area contributed by atoms with Crippen LogP contribution >= 0.6 is 0 Å². The zero-order valence-corrected chi connectivity index (χ0v) is 12.3. The van der Waals surface area contributed by atoms with E-state index in [2.05, 4.69) is 30.4 Å². The lowest BCUT2D eigenvalue weighted by Crippen LogP contribution is -2.36.